The Morgan fingerprint density at radius 2 is 1.67 bits per heavy atom. The zero-order chi connectivity index (χ0) is 18.1. The second-order valence-electron chi connectivity index (χ2n) is 4.74. The maximum Gasteiger partial charge on any atom is 0.435 e. The Hall–Kier alpha value is -2.52. The molecule has 0 spiro atoms. The van der Waals surface area contributed by atoms with E-state index in [1.165, 1.54) is 0 Å². The van der Waals surface area contributed by atoms with E-state index in [4.69, 9.17) is 0 Å². The third-order valence-electron chi connectivity index (χ3n) is 3.08. The summed E-state index contributed by atoms with van der Waals surface area (Å²) in [6.07, 6.45) is -9.11. The van der Waals surface area contributed by atoms with Gasteiger partial charge < -0.3 is 4.74 Å². The van der Waals surface area contributed by atoms with Crippen molar-refractivity contribution in [3.05, 3.63) is 47.3 Å². The van der Waals surface area contributed by atoms with Gasteiger partial charge >= 0.3 is 18.3 Å². The molecule has 0 aliphatic carbocycles. The van der Waals surface area contributed by atoms with Crippen molar-refractivity contribution in [2.45, 2.75) is 18.8 Å². The smallest absolute Gasteiger partial charge is 0.435 e. The summed E-state index contributed by atoms with van der Waals surface area (Å²) in [5.74, 6) is -0.896. The molecule has 0 fully saturated rings. The number of rotatable bonds is 3. The van der Waals surface area contributed by atoms with Crippen LogP contribution < -0.4 is 0 Å². The van der Waals surface area contributed by atoms with Crippen molar-refractivity contribution in [2.24, 2.45) is 0 Å². The molecule has 2 aromatic rings. The third-order valence-corrected chi connectivity index (χ3v) is 3.08. The number of methoxy groups -OCH3 is 1. The molecule has 1 aromatic heterocycles. The van der Waals surface area contributed by atoms with Crippen molar-refractivity contribution in [3.63, 3.8) is 0 Å². The molecule has 10 heteroatoms. The van der Waals surface area contributed by atoms with Gasteiger partial charge in [0.1, 0.15) is 0 Å². The first-order valence-corrected chi connectivity index (χ1v) is 6.42. The first-order valence-electron chi connectivity index (χ1n) is 6.42. The van der Waals surface area contributed by atoms with Crippen molar-refractivity contribution in [1.82, 2.24) is 9.78 Å². The topological polar surface area (TPSA) is 44.1 Å². The number of ether oxygens (including phenoxy) is 1. The summed E-state index contributed by atoms with van der Waals surface area (Å²) in [4.78, 5) is 11.2. The largest absolute Gasteiger partial charge is 0.469 e. The van der Waals surface area contributed by atoms with Crippen LogP contribution in [-0.2, 0) is 28.3 Å². The maximum atomic E-state index is 13.0. The number of carbonyl (C=O) groups excluding carboxylic acids is 1. The molecule has 0 amide bonds. The molecule has 0 aliphatic heterocycles. The highest BCUT2D eigenvalue weighted by molar-refractivity contribution is 5.72. The quantitative estimate of drug-likeness (QED) is 0.626. The lowest BCUT2D eigenvalue weighted by molar-refractivity contribution is -0.143. The normalized spacial score (nSPS) is 12.3. The van der Waals surface area contributed by atoms with Gasteiger partial charge in [-0.3, -0.25) is 4.79 Å². The maximum absolute atomic E-state index is 13.0. The zero-order valence-corrected chi connectivity index (χ0v) is 12.1. The monoisotopic (exact) mass is 352 g/mol. The van der Waals surface area contributed by atoms with E-state index in [0.29, 0.717) is 0 Å². The number of nitrogens with zero attached hydrogens (tertiary/aromatic N) is 2. The van der Waals surface area contributed by atoms with Gasteiger partial charge in [-0.15, -0.1) is 0 Å². The Kier molecular flexibility index (Phi) is 4.59. The average Bonchev–Trinajstić information content (AvgIpc) is 2.90. The fraction of sp³-hybridized carbons (Fsp3) is 0.286. The minimum absolute atomic E-state index is 0.00961. The Labute approximate surface area is 131 Å². The number of esters is 1. The second-order valence-corrected chi connectivity index (χ2v) is 4.74. The molecular weight excluding hydrogens is 342 g/mol. The number of alkyl halides is 6. The van der Waals surface area contributed by atoms with Crippen LogP contribution >= 0.6 is 0 Å². The van der Waals surface area contributed by atoms with E-state index < -0.39 is 41.6 Å². The van der Waals surface area contributed by atoms with Crippen molar-refractivity contribution in [1.29, 1.82) is 0 Å². The predicted molar refractivity (Wildman–Crippen MR) is 69.3 cm³/mol. The summed E-state index contributed by atoms with van der Waals surface area (Å²) in [6, 6.07) is 3.42. The van der Waals surface area contributed by atoms with Crippen molar-refractivity contribution in [2.75, 3.05) is 7.11 Å². The minimum atomic E-state index is -4.82. The van der Waals surface area contributed by atoms with E-state index in [-0.39, 0.29) is 5.69 Å². The van der Waals surface area contributed by atoms with Crippen molar-refractivity contribution < 1.29 is 35.9 Å². The van der Waals surface area contributed by atoms with Crippen LogP contribution in [0.4, 0.5) is 26.3 Å². The first-order chi connectivity index (χ1) is 11.0. The van der Waals surface area contributed by atoms with Gasteiger partial charge in [0.15, 0.2) is 5.69 Å². The summed E-state index contributed by atoms with van der Waals surface area (Å²) in [7, 11) is 1.02. The van der Waals surface area contributed by atoms with E-state index in [9.17, 15) is 31.1 Å². The molecule has 0 unspecified atom stereocenters. The lowest BCUT2D eigenvalue weighted by Crippen LogP contribution is -2.12. The van der Waals surface area contributed by atoms with Gasteiger partial charge in [-0.2, -0.15) is 31.4 Å². The second kappa shape index (κ2) is 6.17. The highest BCUT2D eigenvalue weighted by Crippen LogP contribution is 2.33. The molecule has 0 N–H and O–H groups in total. The molecule has 24 heavy (non-hydrogen) atoms. The van der Waals surface area contributed by atoms with Crippen LogP contribution in [0.2, 0.25) is 0 Å². The Bertz CT molecular complexity index is 731. The molecule has 130 valence electrons. The summed E-state index contributed by atoms with van der Waals surface area (Å²) < 4.78 is 81.5. The third kappa shape index (κ3) is 3.87. The molecule has 0 saturated carbocycles. The summed E-state index contributed by atoms with van der Waals surface area (Å²) >= 11 is 0. The van der Waals surface area contributed by atoms with Crippen LogP contribution in [0, 0.1) is 0 Å². The van der Waals surface area contributed by atoms with Crippen molar-refractivity contribution >= 4 is 5.97 Å². The number of carbonyl (C=O) groups is 1. The number of hydrogen-bond acceptors (Lipinski definition) is 3. The Morgan fingerprint density at radius 3 is 2.12 bits per heavy atom. The number of halogens is 6. The molecule has 0 saturated heterocycles. The van der Waals surface area contributed by atoms with Gasteiger partial charge in [0.2, 0.25) is 0 Å². The highest BCUT2D eigenvalue weighted by atomic mass is 19.4. The standard InChI is InChI=1S/C14H10F6N2O2/c1-24-11(23)6-8-7-22(21-12(8)14(18,19)20)10-4-2-9(3-5-10)13(15,16)17/h2-5,7H,6H2,1H3. The van der Waals surface area contributed by atoms with Gasteiger partial charge in [0.25, 0.3) is 0 Å². The van der Waals surface area contributed by atoms with Gasteiger partial charge in [0, 0.05) is 11.8 Å². The summed E-state index contributed by atoms with van der Waals surface area (Å²) in [6.45, 7) is 0. The molecule has 0 radical (unpaired) electrons. The highest BCUT2D eigenvalue weighted by Gasteiger charge is 2.38. The van der Waals surface area contributed by atoms with Crippen LogP contribution in [0.15, 0.2) is 30.5 Å². The SMILES string of the molecule is COC(=O)Cc1cn(-c2ccc(C(F)(F)F)cc2)nc1C(F)(F)F. The summed E-state index contributed by atoms with van der Waals surface area (Å²) in [5.41, 5.74) is -2.68. The lowest BCUT2D eigenvalue weighted by Gasteiger charge is -2.07. The minimum Gasteiger partial charge on any atom is -0.469 e. The lowest BCUT2D eigenvalue weighted by atomic mass is 10.2. The van der Waals surface area contributed by atoms with Gasteiger partial charge in [-0.25, -0.2) is 4.68 Å². The molecule has 1 heterocycles. The van der Waals surface area contributed by atoms with Crippen LogP contribution in [0.5, 0.6) is 0 Å². The first kappa shape index (κ1) is 17.8. The van der Waals surface area contributed by atoms with Gasteiger partial charge in [-0.05, 0) is 24.3 Å². The molecule has 1 aromatic carbocycles. The van der Waals surface area contributed by atoms with Crippen LogP contribution in [0.25, 0.3) is 5.69 Å². The van der Waals surface area contributed by atoms with Crippen molar-refractivity contribution in [3.8, 4) is 5.69 Å². The fourth-order valence-corrected chi connectivity index (χ4v) is 1.94. The average molecular weight is 352 g/mol. The van der Waals surface area contributed by atoms with Crippen LogP contribution in [0.3, 0.4) is 0 Å². The Morgan fingerprint density at radius 1 is 1.08 bits per heavy atom. The van der Waals surface area contributed by atoms with E-state index in [2.05, 4.69) is 9.84 Å². The van der Waals surface area contributed by atoms with Crippen LogP contribution in [0.1, 0.15) is 16.8 Å². The number of aromatic nitrogens is 2. The Balaban J connectivity index is 2.42. The molecular formula is C14H10F6N2O2. The van der Waals surface area contributed by atoms with Crippen LogP contribution in [-0.4, -0.2) is 22.9 Å². The van der Waals surface area contributed by atoms with Gasteiger partial charge in [-0.1, -0.05) is 0 Å². The van der Waals surface area contributed by atoms with E-state index in [0.717, 1.165) is 42.3 Å². The van der Waals surface area contributed by atoms with Gasteiger partial charge in [0.05, 0.1) is 24.8 Å². The van der Waals surface area contributed by atoms with E-state index in [1.807, 2.05) is 0 Å². The van der Waals surface area contributed by atoms with E-state index >= 15 is 0 Å². The van der Waals surface area contributed by atoms with E-state index in [1.54, 1.807) is 0 Å². The fourth-order valence-electron chi connectivity index (χ4n) is 1.94. The summed E-state index contributed by atoms with van der Waals surface area (Å²) in [5, 5.41) is 3.33. The number of hydrogen-bond donors (Lipinski definition) is 0. The number of benzene rings is 1. The predicted octanol–water partition coefficient (Wildman–Crippen LogP) is 3.63. The molecule has 0 bridgehead atoms. The zero-order valence-electron chi connectivity index (χ0n) is 12.1. The molecule has 4 nitrogen and oxygen atoms in total. The molecule has 2 rings (SSSR count). The molecule has 0 atom stereocenters. The molecule has 0 aliphatic rings.